The first-order valence-electron chi connectivity index (χ1n) is 10.1. The molecule has 33 heavy (non-hydrogen) atoms. The normalized spacial score (nSPS) is 10.9. The Hall–Kier alpha value is -3.98. The highest BCUT2D eigenvalue weighted by Gasteiger charge is 2.15. The van der Waals surface area contributed by atoms with Crippen molar-refractivity contribution in [2.75, 3.05) is 12.4 Å². The first kappa shape index (κ1) is 22.2. The van der Waals surface area contributed by atoms with E-state index in [1.165, 1.54) is 16.8 Å². The zero-order chi connectivity index (χ0) is 23.5. The minimum absolute atomic E-state index is 0.0572. The van der Waals surface area contributed by atoms with Gasteiger partial charge < -0.3 is 10.6 Å². The van der Waals surface area contributed by atoms with E-state index in [9.17, 15) is 14.4 Å². The summed E-state index contributed by atoms with van der Waals surface area (Å²) in [5.41, 5.74) is 1.01. The number of carbonyl (C=O) groups is 1. The molecule has 1 aromatic carbocycles. The first-order chi connectivity index (χ1) is 15.9. The van der Waals surface area contributed by atoms with E-state index in [1.54, 1.807) is 50.6 Å². The molecule has 0 fully saturated rings. The zero-order valence-electron chi connectivity index (χ0n) is 18.0. The molecule has 2 N–H and O–H groups in total. The highest BCUT2D eigenvalue weighted by molar-refractivity contribution is 6.30. The van der Waals surface area contributed by atoms with Crippen molar-refractivity contribution in [3.05, 3.63) is 97.5 Å². The van der Waals surface area contributed by atoms with Gasteiger partial charge in [0.1, 0.15) is 11.5 Å². The van der Waals surface area contributed by atoms with Gasteiger partial charge in [-0.2, -0.15) is 0 Å². The lowest BCUT2D eigenvalue weighted by molar-refractivity contribution is 0.0946. The molecule has 0 spiro atoms. The van der Waals surface area contributed by atoms with Crippen molar-refractivity contribution in [1.29, 1.82) is 0 Å². The summed E-state index contributed by atoms with van der Waals surface area (Å²) in [4.78, 5) is 46.9. The third kappa shape index (κ3) is 4.63. The van der Waals surface area contributed by atoms with Crippen LogP contribution in [0.5, 0.6) is 0 Å². The van der Waals surface area contributed by atoms with E-state index in [-0.39, 0.29) is 24.2 Å². The van der Waals surface area contributed by atoms with Crippen LogP contribution in [0.4, 0.5) is 5.82 Å². The van der Waals surface area contributed by atoms with Crippen molar-refractivity contribution in [2.24, 2.45) is 7.05 Å². The Morgan fingerprint density at radius 3 is 2.67 bits per heavy atom. The molecule has 3 aromatic heterocycles. The third-order valence-electron chi connectivity index (χ3n) is 5.23. The smallest absolute Gasteiger partial charge is 0.331 e. The number of halogens is 1. The Morgan fingerprint density at radius 2 is 1.91 bits per heavy atom. The molecule has 0 radical (unpaired) electrons. The van der Waals surface area contributed by atoms with Gasteiger partial charge in [-0.3, -0.25) is 18.7 Å². The Morgan fingerprint density at radius 1 is 1.09 bits per heavy atom. The highest BCUT2D eigenvalue weighted by atomic mass is 35.5. The molecule has 168 valence electrons. The van der Waals surface area contributed by atoms with Crippen LogP contribution in [0, 0.1) is 0 Å². The van der Waals surface area contributed by atoms with Gasteiger partial charge in [-0.25, -0.2) is 14.8 Å². The molecule has 0 unspecified atom stereocenters. The van der Waals surface area contributed by atoms with E-state index in [0.29, 0.717) is 21.9 Å². The molecule has 0 aliphatic carbocycles. The summed E-state index contributed by atoms with van der Waals surface area (Å²) in [7, 11) is 3.32. The Kier molecular flexibility index (Phi) is 6.23. The predicted octanol–water partition coefficient (Wildman–Crippen LogP) is 2.16. The van der Waals surface area contributed by atoms with E-state index in [4.69, 9.17) is 11.6 Å². The molecule has 0 bridgehead atoms. The molecule has 1 amide bonds. The second-order valence-electron chi connectivity index (χ2n) is 7.43. The molecule has 4 rings (SSSR count). The number of fused-ring (bicyclic) bond motifs is 1. The highest BCUT2D eigenvalue weighted by Crippen LogP contribution is 2.13. The van der Waals surface area contributed by atoms with Crippen molar-refractivity contribution < 1.29 is 4.79 Å². The monoisotopic (exact) mass is 464 g/mol. The van der Waals surface area contributed by atoms with Gasteiger partial charge in [0, 0.05) is 31.9 Å². The maximum atomic E-state index is 13.2. The van der Waals surface area contributed by atoms with Crippen molar-refractivity contribution >= 4 is 34.2 Å². The fourth-order valence-corrected chi connectivity index (χ4v) is 3.69. The predicted molar refractivity (Wildman–Crippen MR) is 127 cm³/mol. The number of nitrogens with zero attached hydrogens (tertiary/aromatic N) is 4. The fraction of sp³-hybridized carbons (Fsp3) is 0.174. The fourth-order valence-electron chi connectivity index (χ4n) is 3.48. The van der Waals surface area contributed by atoms with Crippen LogP contribution in [-0.4, -0.2) is 32.1 Å². The van der Waals surface area contributed by atoms with Crippen LogP contribution in [0.1, 0.15) is 21.6 Å². The molecular formula is C23H21ClN6O3. The van der Waals surface area contributed by atoms with Gasteiger partial charge in [0.05, 0.1) is 23.6 Å². The van der Waals surface area contributed by atoms with Gasteiger partial charge in [0.15, 0.2) is 0 Å². The molecule has 0 saturated heterocycles. The summed E-state index contributed by atoms with van der Waals surface area (Å²) in [5.74, 6) is 0.251. The van der Waals surface area contributed by atoms with Crippen molar-refractivity contribution in [2.45, 2.75) is 13.1 Å². The van der Waals surface area contributed by atoms with E-state index in [1.807, 2.05) is 6.07 Å². The molecule has 3 heterocycles. The van der Waals surface area contributed by atoms with Crippen LogP contribution in [-0.2, 0) is 20.1 Å². The maximum Gasteiger partial charge on any atom is 0.331 e. The summed E-state index contributed by atoms with van der Waals surface area (Å²) in [5, 5.41) is 6.46. The molecule has 0 saturated carbocycles. The van der Waals surface area contributed by atoms with Crippen LogP contribution in [0.15, 0.2) is 64.4 Å². The number of amides is 1. The number of aromatic nitrogens is 4. The standard InChI is InChI=1S/C23H21ClN6O3/c1-25-20-9-14(6-7-26-20)11-28-21(31)18-10-17-19(12-27-18)29(2)23(33)30(22(17)32)13-15-4-3-5-16(24)8-15/h3-10,12H,11,13H2,1-2H3,(H,25,26)(H,28,31). The number of carbonyl (C=O) groups excluding carboxylic acids is 1. The van der Waals surface area contributed by atoms with Crippen LogP contribution in [0.2, 0.25) is 5.02 Å². The Labute approximate surface area is 193 Å². The number of aryl methyl sites for hydroxylation is 1. The quantitative estimate of drug-likeness (QED) is 0.452. The molecule has 0 atom stereocenters. The van der Waals surface area contributed by atoms with Crippen LogP contribution in [0.25, 0.3) is 10.9 Å². The number of nitrogens with one attached hydrogen (secondary N) is 2. The van der Waals surface area contributed by atoms with Crippen molar-refractivity contribution in [3.8, 4) is 0 Å². The summed E-state index contributed by atoms with van der Waals surface area (Å²) < 4.78 is 2.46. The zero-order valence-corrected chi connectivity index (χ0v) is 18.8. The van der Waals surface area contributed by atoms with Gasteiger partial charge >= 0.3 is 5.69 Å². The third-order valence-corrected chi connectivity index (χ3v) is 5.47. The van der Waals surface area contributed by atoms with E-state index >= 15 is 0 Å². The lowest BCUT2D eigenvalue weighted by atomic mass is 10.2. The first-order valence-corrected chi connectivity index (χ1v) is 10.5. The topological polar surface area (TPSA) is 111 Å². The molecule has 0 aliphatic heterocycles. The maximum absolute atomic E-state index is 13.2. The lowest BCUT2D eigenvalue weighted by Gasteiger charge is -2.12. The average molecular weight is 465 g/mol. The number of hydrogen-bond donors (Lipinski definition) is 2. The number of pyridine rings is 2. The molecule has 9 nitrogen and oxygen atoms in total. The number of benzene rings is 1. The molecule has 4 aromatic rings. The van der Waals surface area contributed by atoms with E-state index in [2.05, 4.69) is 20.6 Å². The average Bonchev–Trinajstić information content (AvgIpc) is 2.83. The summed E-state index contributed by atoms with van der Waals surface area (Å²) in [6, 6.07) is 12.0. The van der Waals surface area contributed by atoms with Gasteiger partial charge in [0.25, 0.3) is 11.5 Å². The van der Waals surface area contributed by atoms with Crippen LogP contribution >= 0.6 is 11.6 Å². The van der Waals surface area contributed by atoms with Gasteiger partial charge in [-0.05, 0) is 41.5 Å². The Bertz CT molecular complexity index is 1480. The van der Waals surface area contributed by atoms with Gasteiger partial charge in [0.2, 0.25) is 0 Å². The van der Waals surface area contributed by atoms with Crippen molar-refractivity contribution in [3.63, 3.8) is 0 Å². The van der Waals surface area contributed by atoms with Gasteiger partial charge in [-0.15, -0.1) is 0 Å². The Balaban J connectivity index is 1.66. The summed E-state index contributed by atoms with van der Waals surface area (Å²) in [6.07, 6.45) is 3.01. The van der Waals surface area contributed by atoms with E-state index < -0.39 is 17.2 Å². The summed E-state index contributed by atoms with van der Waals surface area (Å²) >= 11 is 6.03. The van der Waals surface area contributed by atoms with E-state index in [0.717, 1.165) is 10.1 Å². The molecule has 10 heteroatoms. The number of anilines is 1. The second-order valence-corrected chi connectivity index (χ2v) is 7.87. The molecular weight excluding hydrogens is 444 g/mol. The lowest BCUT2D eigenvalue weighted by Crippen LogP contribution is -2.39. The van der Waals surface area contributed by atoms with Gasteiger partial charge in [-0.1, -0.05) is 23.7 Å². The SMILES string of the molecule is CNc1cc(CNC(=O)c2cc3c(=O)n(Cc4cccc(Cl)c4)c(=O)n(C)c3cn2)ccn1. The summed E-state index contributed by atoms with van der Waals surface area (Å²) in [6.45, 7) is 0.323. The minimum atomic E-state index is -0.502. The molecule has 0 aliphatic rings. The number of hydrogen-bond acceptors (Lipinski definition) is 6. The second kappa shape index (κ2) is 9.25. The minimum Gasteiger partial charge on any atom is -0.373 e. The largest absolute Gasteiger partial charge is 0.373 e. The number of rotatable bonds is 6. The van der Waals surface area contributed by atoms with Crippen LogP contribution < -0.4 is 21.9 Å². The van der Waals surface area contributed by atoms with Crippen LogP contribution in [0.3, 0.4) is 0 Å². The van der Waals surface area contributed by atoms with Crippen molar-refractivity contribution in [1.82, 2.24) is 24.4 Å².